The number of anilines is 1. The molecule has 2 aromatic rings. The van der Waals surface area contributed by atoms with E-state index in [0.29, 0.717) is 36.9 Å². The summed E-state index contributed by atoms with van der Waals surface area (Å²) in [6.45, 7) is 7.33. The van der Waals surface area contributed by atoms with Crippen molar-refractivity contribution in [2.45, 2.75) is 39.8 Å². The van der Waals surface area contributed by atoms with Gasteiger partial charge in [0.15, 0.2) is 5.69 Å². The molecule has 0 unspecified atom stereocenters. The Hall–Kier alpha value is -2.97. The summed E-state index contributed by atoms with van der Waals surface area (Å²) in [6.07, 6.45) is 3.79. The summed E-state index contributed by atoms with van der Waals surface area (Å²) in [5.74, 6) is -0.0313. The molecule has 0 fully saturated rings. The van der Waals surface area contributed by atoms with Crippen molar-refractivity contribution >= 4 is 17.8 Å². The molecular formula is C19H26N6O3. The maximum atomic E-state index is 12.4. The smallest absolute Gasteiger partial charge is 0.359 e. The van der Waals surface area contributed by atoms with Crippen LogP contribution in [0.15, 0.2) is 12.4 Å². The van der Waals surface area contributed by atoms with Crippen molar-refractivity contribution in [1.82, 2.24) is 24.6 Å². The monoisotopic (exact) mass is 386 g/mol. The van der Waals surface area contributed by atoms with Gasteiger partial charge in [-0.15, -0.1) is 0 Å². The minimum absolute atomic E-state index is 0.143. The van der Waals surface area contributed by atoms with Gasteiger partial charge in [-0.25, -0.2) is 14.8 Å². The van der Waals surface area contributed by atoms with Crippen LogP contribution in [0.2, 0.25) is 0 Å². The lowest BCUT2D eigenvalue weighted by molar-refractivity contribution is 0.0516. The van der Waals surface area contributed by atoms with Crippen molar-refractivity contribution in [2.75, 3.05) is 32.1 Å². The number of rotatable bonds is 5. The standard InChI is InChI=1S/C19H26N6O3/c1-6-28-18(27)16-14-11-24(8-7-15(14)25(22-16)12(2)3)19-20-9-13(10-21-19)17(26)23(4)5/h9-10,12H,6-8,11H2,1-5H3. The molecule has 0 aromatic carbocycles. The fraction of sp³-hybridized carbons (Fsp3) is 0.526. The van der Waals surface area contributed by atoms with Crippen molar-refractivity contribution in [3.8, 4) is 0 Å². The Kier molecular flexibility index (Phi) is 5.62. The highest BCUT2D eigenvalue weighted by molar-refractivity contribution is 5.93. The van der Waals surface area contributed by atoms with Crippen LogP contribution in [-0.4, -0.2) is 63.8 Å². The number of aromatic nitrogens is 4. The van der Waals surface area contributed by atoms with E-state index < -0.39 is 5.97 Å². The van der Waals surface area contributed by atoms with E-state index in [9.17, 15) is 9.59 Å². The largest absolute Gasteiger partial charge is 0.461 e. The molecule has 0 N–H and O–H groups in total. The molecule has 150 valence electrons. The molecule has 2 aromatic heterocycles. The van der Waals surface area contributed by atoms with Crippen LogP contribution in [0.1, 0.15) is 58.9 Å². The number of fused-ring (bicyclic) bond motifs is 1. The van der Waals surface area contributed by atoms with Crippen LogP contribution in [-0.2, 0) is 17.7 Å². The van der Waals surface area contributed by atoms with E-state index in [1.807, 2.05) is 23.4 Å². The first-order valence-corrected chi connectivity index (χ1v) is 9.39. The van der Waals surface area contributed by atoms with Gasteiger partial charge in [-0.05, 0) is 20.8 Å². The molecule has 9 nitrogen and oxygen atoms in total. The number of ether oxygens (including phenoxy) is 1. The molecule has 0 bridgehead atoms. The Labute approximate surface area is 164 Å². The maximum absolute atomic E-state index is 12.4. The molecule has 0 aliphatic carbocycles. The lowest BCUT2D eigenvalue weighted by Gasteiger charge is -2.28. The average Bonchev–Trinajstić information content (AvgIpc) is 3.07. The quantitative estimate of drug-likeness (QED) is 0.722. The second-order valence-electron chi connectivity index (χ2n) is 7.18. The molecule has 1 aliphatic rings. The van der Waals surface area contributed by atoms with E-state index in [-0.39, 0.29) is 11.9 Å². The molecular weight excluding hydrogens is 360 g/mol. The summed E-state index contributed by atoms with van der Waals surface area (Å²) >= 11 is 0. The summed E-state index contributed by atoms with van der Waals surface area (Å²) in [7, 11) is 3.37. The molecule has 0 saturated heterocycles. The number of esters is 1. The summed E-state index contributed by atoms with van der Waals surface area (Å²) in [5.41, 5.74) is 2.70. The Morgan fingerprint density at radius 3 is 2.50 bits per heavy atom. The number of amides is 1. The predicted octanol–water partition coefficient (Wildman–Crippen LogP) is 1.70. The van der Waals surface area contributed by atoms with Crippen LogP contribution in [0, 0.1) is 0 Å². The van der Waals surface area contributed by atoms with Crippen molar-refractivity contribution in [3.63, 3.8) is 0 Å². The third-order valence-corrected chi connectivity index (χ3v) is 4.62. The summed E-state index contributed by atoms with van der Waals surface area (Å²) in [4.78, 5) is 36.6. The Morgan fingerprint density at radius 2 is 1.93 bits per heavy atom. The molecule has 0 saturated carbocycles. The van der Waals surface area contributed by atoms with Crippen molar-refractivity contribution in [1.29, 1.82) is 0 Å². The molecule has 3 heterocycles. The lowest BCUT2D eigenvalue weighted by atomic mass is 10.0. The van der Waals surface area contributed by atoms with Crippen molar-refractivity contribution in [3.05, 3.63) is 34.9 Å². The zero-order chi connectivity index (χ0) is 20.4. The number of carbonyl (C=O) groups is 2. The van der Waals surface area contributed by atoms with Crippen LogP contribution in [0.3, 0.4) is 0 Å². The van der Waals surface area contributed by atoms with E-state index in [4.69, 9.17) is 4.74 Å². The third kappa shape index (κ3) is 3.69. The molecule has 1 amide bonds. The van der Waals surface area contributed by atoms with Crippen LogP contribution in [0.5, 0.6) is 0 Å². The zero-order valence-electron chi connectivity index (χ0n) is 17.0. The Bertz CT molecular complexity index is 873. The fourth-order valence-corrected chi connectivity index (χ4v) is 3.26. The van der Waals surface area contributed by atoms with Crippen molar-refractivity contribution < 1.29 is 14.3 Å². The van der Waals surface area contributed by atoms with Crippen LogP contribution in [0.25, 0.3) is 0 Å². The second kappa shape index (κ2) is 7.95. The summed E-state index contributed by atoms with van der Waals surface area (Å²) in [6, 6.07) is 0.149. The van der Waals surface area contributed by atoms with Gasteiger partial charge in [-0.3, -0.25) is 9.48 Å². The molecule has 0 spiro atoms. The molecule has 3 rings (SSSR count). The van der Waals surface area contributed by atoms with Gasteiger partial charge in [0.05, 0.1) is 18.7 Å². The zero-order valence-corrected chi connectivity index (χ0v) is 17.0. The number of nitrogens with zero attached hydrogens (tertiary/aromatic N) is 6. The van der Waals surface area contributed by atoms with E-state index in [0.717, 1.165) is 17.7 Å². The Morgan fingerprint density at radius 1 is 1.25 bits per heavy atom. The number of hydrogen-bond acceptors (Lipinski definition) is 7. The first-order valence-electron chi connectivity index (χ1n) is 9.39. The van der Waals surface area contributed by atoms with Gasteiger partial charge >= 0.3 is 5.97 Å². The normalized spacial score (nSPS) is 13.4. The average molecular weight is 386 g/mol. The van der Waals surface area contributed by atoms with Gasteiger partial charge in [-0.2, -0.15) is 5.10 Å². The highest BCUT2D eigenvalue weighted by Crippen LogP contribution is 2.27. The fourth-order valence-electron chi connectivity index (χ4n) is 3.26. The highest BCUT2D eigenvalue weighted by atomic mass is 16.5. The number of carbonyl (C=O) groups excluding carboxylic acids is 2. The Balaban J connectivity index is 1.89. The van der Waals surface area contributed by atoms with Crippen LogP contribution in [0.4, 0.5) is 5.95 Å². The van der Waals surface area contributed by atoms with E-state index in [1.54, 1.807) is 21.0 Å². The third-order valence-electron chi connectivity index (χ3n) is 4.62. The molecule has 1 aliphatic heterocycles. The minimum Gasteiger partial charge on any atom is -0.461 e. The second-order valence-corrected chi connectivity index (χ2v) is 7.18. The van der Waals surface area contributed by atoms with Gasteiger partial charge in [0.25, 0.3) is 5.91 Å². The minimum atomic E-state index is -0.409. The summed E-state index contributed by atoms with van der Waals surface area (Å²) in [5, 5.41) is 4.52. The SMILES string of the molecule is CCOC(=O)c1nn(C(C)C)c2c1CN(c1ncc(C(=O)N(C)C)cn1)CC2. The number of hydrogen-bond donors (Lipinski definition) is 0. The molecule has 0 atom stereocenters. The van der Waals surface area contributed by atoms with E-state index in [1.165, 1.54) is 17.3 Å². The molecule has 0 radical (unpaired) electrons. The highest BCUT2D eigenvalue weighted by Gasteiger charge is 2.30. The predicted molar refractivity (Wildman–Crippen MR) is 103 cm³/mol. The summed E-state index contributed by atoms with van der Waals surface area (Å²) < 4.78 is 7.09. The maximum Gasteiger partial charge on any atom is 0.359 e. The molecule has 28 heavy (non-hydrogen) atoms. The van der Waals surface area contributed by atoms with E-state index in [2.05, 4.69) is 15.1 Å². The van der Waals surface area contributed by atoms with Crippen LogP contribution >= 0.6 is 0 Å². The van der Waals surface area contributed by atoms with Gasteiger partial charge in [0.1, 0.15) is 0 Å². The van der Waals surface area contributed by atoms with Gasteiger partial charge < -0.3 is 14.5 Å². The van der Waals surface area contributed by atoms with Gasteiger partial charge in [-0.1, -0.05) is 0 Å². The van der Waals surface area contributed by atoms with Crippen LogP contribution < -0.4 is 4.90 Å². The van der Waals surface area contributed by atoms with E-state index >= 15 is 0 Å². The molecule has 9 heteroatoms. The first kappa shape index (κ1) is 19.8. The topological polar surface area (TPSA) is 93.4 Å². The van der Waals surface area contributed by atoms with Gasteiger partial charge in [0, 0.05) is 56.8 Å². The van der Waals surface area contributed by atoms with Gasteiger partial charge in [0.2, 0.25) is 5.95 Å². The first-order chi connectivity index (χ1) is 13.3. The lowest BCUT2D eigenvalue weighted by Crippen LogP contribution is -2.33. The van der Waals surface area contributed by atoms with Crippen molar-refractivity contribution in [2.24, 2.45) is 0 Å².